The van der Waals surface area contributed by atoms with Gasteiger partial charge in [0, 0.05) is 17.4 Å². The first kappa shape index (κ1) is 17.4. The first-order valence-electron chi connectivity index (χ1n) is 8.20. The van der Waals surface area contributed by atoms with E-state index in [1.54, 1.807) is 30.3 Å². The SMILES string of the molecule is Cc1cc(C)cc(Nc2cc(Nc3cccc(C(=O)O)c3)nc(C)n2)c1. The highest BCUT2D eigenvalue weighted by Crippen LogP contribution is 2.22. The molecule has 0 atom stereocenters. The van der Waals surface area contributed by atoms with Crippen LogP contribution in [0.2, 0.25) is 0 Å². The fourth-order valence-corrected chi connectivity index (χ4v) is 2.77. The molecule has 0 fully saturated rings. The number of rotatable bonds is 5. The highest BCUT2D eigenvalue weighted by molar-refractivity contribution is 5.89. The standard InChI is InChI=1S/C20H20N4O2/c1-12-7-13(2)9-17(8-12)24-19-11-18(21-14(3)22-19)23-16-6-4-5-15(10-16)20(25)26/h4-11H,1-3H3,(H,25,26)(H2,21,22,23,24). The van der Waals surface area contributed by atoms with Crippen LogP contribution < -0.4 is 10.6 Å². The Morgan fingerprint density at radius 3 is 2.08 bits per heavy atom. The van der Waals surface area contributed by atoms with Crippen LogP contribution in [-0.2, 0) is 0 Å². The summed E-state index contributed by atoms with van der Waals surface area (Å²) >= 11 is 0. The van der Waals surface area contributed by atoms with Crippen molar-refractivity contribution in [3.63, 3.8) is 0 Å². The van der Waals surface area contributed by atoms with Crippen LogP contribution in [0.25, 0.3) is 0 Å². The minimum Gasteiger partial charge on any atom is -0.478 e. The van der Waals surface area contributed by atoms with E-state index in [1.165, 1.54) is 11.1 Å². The molecule has 0 aliphatic carbocycles. The quantitative estimate of drug-likeness (QED) is 0.625. The number of carbonyl (C=O) groups is 1. The van der Waals surface area contributed by atoms with Crippen LogP contribution in [0.4, 0.5) is 23.0 Å². The number of benzene rings is 2. The van der Waals surface area contributed by atoms with Gasteiger partial charge in [0.05, 0.1) is 5.56 Å². The molecule has 26 heavy (non-hydrogen) atoms. The van der Waals surface area contributed by atoms with Crippen molar-refractivity contribution in [2.24, 2.45) is 0 Å². The van der Waals surface area contributed by atoms with Crippen molar-refractivity contribution in [1.29, 1.82) is 0 Å². The second-order valence-corrected chi connectivity index (χ2v) is 6.20. The van der Waals surface area contributed by atoms with Gasteiger partial charge < -0.3 is 15.7 Å². The van der Waals surface area contributed by atoms with Crippen LogP contribution in [0.5, 0.6) is 0 Å². The fraction of sp³-hybridized carbons (Fsp3) is 0.150. The summed E-state index contributed by atoms with van der Waals surface area (Å²) < 4.78 is 0. The fourth-order valence-electron chi connectivity index (χ4n) is 2.77. The predicted octanol–water partition coefficient (Wildman–Crippen LogP) is 4.59. The number of carboxylic acids is 1. The number of aromatic carboxylic acids is 1. The van der Waals surface area contributed by atoms with Crippen LogP contribution in [-0.4, -0.2) is 21.0 Å². The molecule has 1 aromatic heterocycles. The molecule has 0 aliphatic heterocycles. The average Bonchev–Trinajstić information content (AvgIpc) is 2.53. The normalized spacial score (nSPS) is 10.4. The van der Waals surface area contributed by atoms with E-state index in [2.05, 4.69) is 26.7 Å². The third kappa shape index (κ3) is 4.36. The van der Waals surface area contributed by atoms with E-state index in [0.29, 0.717) is 23.1 Å². The van der Waals surface area contributed by atoms with Gasteiger partial charge in [-0.2, -0.15) is 0 Å². The number of nitrogens with one attached hydrogen (secondary N) is 2. The summed E-state index contributed by atoms with van der Waals surface area (Å²) in [6.45, 7) is 5.91. The Morgan fingerprint density at radius 1 is 0.846 bits per heavy atom. The van der Waals surface area contributed by atoms with Crippen LogP contribution in [0.15, 0.2) is 48.5 Å². The summed E-state index contributed by atoms with van der Waals surface area (Å²) in [5.41, 5.74) is 4.17. The highest BCUT2D eigenvalue weighted by Gasteiger charge is 2.07. The van der Waals surface area contributed by atoms with Crippen molar-refractivity contribution >= 4 is 29.0 Å². The van der Waals surface area contributed by atoms with Crippen molar-refractivity contribution < 1.29 is 9.90 Å². The minimum atomic E-state index is -0.968. The number of anilines is 4. The number of aromatic nitrogens is 2. The molecule has 0 spiro atoms. The number of aryl methyl sites for hydroxylation is 3. The number of hydrogen-bond acceptors (Lipinski definition) is 5. The summed E-state index contributed by atoms with van der Waals surface area (Å²) in [5.74, 6) is 0.896. The van der Waals surface area contributed by atoms with Gasteiger partial charge in [-0.1, -0.05) is 12.1 Å². The Bertz CT molecular complexity index is 950. The molecule has 3 rings (SSSR count). The van der Waals surface area contributed by atoms with E-state index in [4.69, 9.17) is 5.11 Å². The second-order valence-electron chi connectivity index (χ2n) is 6.20. The zero-order valence-electron chi connectivity index (χ0n) is 14.9. The lowest BCUT2D eigenvalue weighted by Crippen LogP contribution is -2.03. The van der Waals surface area contributed by atoms with Crippen LogP contribution in [0.3, 0.4) is 0 Å². The predicted molar refractivity (Wildman–Crippen MR) is 103 cm³/mol. The van der Waals surface area contributed by atoms with Crippen LogP contribution in [0, 0.1) is 20.8 Å². The molecule has 3 aromatic rings. The Hall–Kier alpha value is -3.41. The highest BCUT2D eigenvalue weighted by atomic mass is 16.4. The van der Waals surface area contributed by atoms with Crippen LogP contribution in [0.1, 0.15) is 27.3 Å². The van der Waals surface area contributed by atoms with Gasteiger partial charge in [0.2, 0.25) is 0 Å². The Kier molecular flexibility index (Phi) is 4.84. The maximum Gasteiger partial charge on any atom is 0.335 e. The van der Waals surface area contributed by atoms with E-state index >= 15 is 0 Å². The summed E-state index contributed by atoms with van der Waals surface area (Å²) in [7, 11) is 0. The molecule has 6 heteroatoms. The lowest BCUT2D eigenvalue weighted by Gasteiger charge is -2.11. The average molecular weight is 348 g/mol. The Balaban J connectivity index is 1.85. The molecule has 2 aromatic carbocycles. The largest absolute Gasteiger partial charge is 0.478 e. The molecule has 0 radical (unpaired) electrons. The van der Waals surface area contributed by atoms with Gasteiger partial charge >= 0.3 is 5.97 Å². The van der Waals surface area contributed by atoms with Crippen molar-refractivity contribution in [2.45, 2.75) is 20.8 Å². The zero-order chi connectivity index (χ0) is 18.7. The first-order chi connectivity index (χ1) is 12.4. The number of nitrogens with zero attached hydrogens (tertiary/aromatic N) is 2. The monoisotopic (exact) mass is 348 g/mol. The molecule has 0 aliphatic rings. The molecular weight excluding hydrogens is 328 g/mol. The van der Waals surface area contributed by atoms with Crippen molar-refractivity contribution in [3.05, 3.63) is 71.0 Å². The topological polar surface area (TPSA) is 87.1 Å². The smallest absolute Gasteiger partial charge is 0.335 e. The third-order valence-electron chi connectivity index (χ3n) is 3.71. The van der Waals surface area contributed by atoms with Gasteiger partial charge in [0.15, 0.2) is 0 Å². The Morgan fingerprint density at radius 2 is 1.46 bits per heavy atom. The van der Waals surface area contributed by atoms with Gasteiger partial charge in [0.25, 0.3) is 0 Å². The van der Waals surface area contributed by atoms with E-state index < -0.39 is 5.97 Å². The zero-order valence-corrected chi connectivity index (χ0v) is 14.9. The molecule has 1 heterocycles. The van der Waals surface area contributed by atoms with Crippen molar-refractivity contribution in [3.8, 4) is 0 Å². The number of carboxylic acid groups (broad SMARTS) is 1. The van der Waals surface area contributed by atoms with E-state index in [0.717, 1.165) is 5.69 Å². The minimum absolute atomic E-state index is 0.217. The van der Waals surface area contributed by atoms with Gasteiger partial charge in [-0.3, -0.25) is 0 Å². The maximum absolute atomic E-state index is 11.1. The van der Waals surface area contributed by atoms with Gasteiger partial charge in [-0.25, -0.2) is 14.8 Å². The molecule has 0 unspecified atom stereocenters. The molecule has 0 saturated heterocycles. The summed E-state index contributed by atoms with van der Waals surface area (Å²) in [6, 6.07) is 14.6. The molecule has 0 bridgehead atoms. The molecule has 0 amide bonds. The van der Waals surface area contributed by atoms with Gasteiger partial charge in [-0.15, -0.1) is 0 Å². The number of hydrogen-bond donors (Lipinski definition) is 3. The molecule has 132 valence electrons. The van der Waals surface area contributed by atoms with E-state index in [9.17, 15) is 4.79 Å². The molecule has 0 saturated carbocycles. The van der Waals surface area contributed by atoms with Crippen molar-refractivity contribution in [2.75, 3.05) is 10.6 Å². The summed E-state index contributed by atoms with van der Waals surface area (Å²) in [4.78, 5) is 19.9. The van der Waals surface area contributed by atoms with E-state index in [1.807, 2.05) is 32.9 Å². The summed E-state index contributed by atoms with van der Waals surface area (Å²) in [5, 5.41) is 15.5. The molecule has 6 nitrogen and oxygen atoms in total. The second kappa shape index (κ2) is 7.23. The maximum atomic E-state index is 11.1. The summed E-state index contributed by atoms with van der Waals surface area (Å²) in [6.07, 6.45) is 0. The van der Waals surface area contributed by atoms with Gasteiger partial charge in [0.1, 0.15) is 17.5 Å². The third-order valence-corrected chi connectivity index (χ3v) is 3.71. The van der Waals surface area contributed by atoms with Crippen LogP contribution >= 0.6 is 0 Å². The molecule has 3 N–H and O–H groups in total. The lowest BCUT2D eigenvalue weighted by molar-refractivity contribution is 0.0697. The molecular formula is C20H20N4O2. The van der Waals surface area contributed by atoms with Gasteiger partial charge in [-0.05, 0) is 62.2 Å². The first-order valence-corrected chi connectivity index (χ1v) is 8.20. The lowest BCUT2D eigenvalue weighted by atomic mass is 10.1. The van der Waals surface area contributed by atoms with Crippen molar-refractivity contribution in [1.82, 2.24) is 9.97 Å². The van der Waals surface area contributed by atoms with E-state index in [-0.39, 0.29) is 5.56 Å². The Labute approximate surface area is 152 Å².